The van der Waals surface area contributed by atoms with E-state index in [1.165, 1.54) is 47.2 Å². The number of carboxylic acid groups (broad SMARTS) is 1. The van der Waals surface area contributed by atoms with Crippen molar-refractivity contribution in [3.8, 4) is 11.5 Å². The molecule has 4 aromatic rings. The number of thiazole rings is 2. The standard InChI is InChI=1S/C14H12F3N3O4S.C12H8F3N3O4S/c1-2-23-11(21)9-7-25-13(19-9)20-12(22)18-8-5-3-4-6-10(8)24-14(15,16)17;13-12(14,15)22-8-4-2-1-3-6(8)16-10(21)18-11-17-7(5-23-11)9(19)20/h3-7H,2H2,1H3,(H2,18,19,20,22);1-5H,(H,19,20)(H2,16,17,18,21). The van der Waals surface area contributed by atoms with E-state index in [1.807, 2.05) is 0 Å². The van der Waals surface area contributed by atoms with Gasteiger partial charge in [0.25, 0.3) is 0 Å². The molecule has 0 saturated carbocycles. The first-order chi connectivity index (χ1) is 22.5. The Bertz CT molecular complexity index is 1750. The number of carbonyl (C=O) groups is 4. The van der Waals surface area contributed by atoms with Crippen molar-refractivity contribution < 1.29 is 64.8 Å². The monoisotopic (exact) mass is 722 g/mol. The zero-order valence-corrected chi connectivity index (χ0v) is 25.4. The number of anilines is 4. The lowest BCUT2D eigenvalue weighted by atomic mass is 10.3. The van der Waals surface area contributed by atoms with Gasteiger partial charge in [0, 0.05) is 10.8 Å². The van der Waals surface area contributed by atoms with Crippen molar-refractivity contribution in [1.29, 1.82) is 0 Å². The minimum Gasteiger partial charge on any atom is -0.476 e. The molecule has 256 valence electrons. The quantitative estimate of drug-likeness (QED) is 0.0869. The van der Waals surface area contributed by atoms with Crippen molar-refractivity contribution in [2.75, 3.05) is 27.9 Å². The van der Waals surface area contributed by atoms with Crippen LogP contribution in [0.5, 0.6) is 11.5 Å². The minimum absolute atomic E-state index is 0.0166. The van der Waals surface area contributed by atoms with E-state index in [1.54, 1.807) is 6.92 Å². The molecule has 22 heteroatoms. The van der Waals surface area contributed by atoms with E-state index in [4.69, 9.17) is 9.84 Å². The van der Waals surface area contributed by atoms with E-state index < -0.39 is 48.2 Å². The van der Waals surface area contributed by atoms with Gasteiger partial charge in [-0.1, -0.05) is 24.3 Å². The molecule has 0 aliphatic heterocycles. The van der Waals surface area contributed by atoms with E-state index in [9.17, 15) is 45.5 Å². The van der Waals surface area contributed by atoms with Crippen LogP contribution in [0.1, 0.15) is 27.9 Å². The number of aromatic carboxylic acids is 1. The van der Waals surface area contributed by atoms with Gasteiger partial charge in [0.05, 0.1) is 18.0 Å². The highest BCUT2D eigenvalue weighted by molar-refractivity contribution is 7.14. The summed E-state index contributed by atoms with van der Waals surface area (Å²) in [6, 6.07) is 8.29. The summed E-state index contributed by atoms with van der Waals surface area (Å²) in [5, 5.41) is 20.3. The van der Waals surface area contributed by atoms with Crippen molar-refractivity contribution in [2.45, 2.75) is 19.6 Å². The molecule has 2 aromatic heterocycles. The van der Waals surface area contributed by atoms with Crippen LogP contribution in [-0.4, -0.2) is 58.4 Å². The lowest BCUT2D eigenvalue weighted by molar-refractivity contribution is -0.275. The van der Waals surface area contributed by atoms with Crippen LogP contribution in [0.3, 0.4) is 0 Å². The number of halogens is 6. The van der Waals surface area contributed by atoms with Crippen LogP contribution in [0.15, 0.2) is 59.3 Å². The van der Waals surface area contributed by atoms with E-state index in [0.717, 1.165) is 34.8 Å². The molecule has 5 N–H and O–H groups in total. The van der Waals surface area contributed by atoms with Gasteiger partial charge in [0.1, 0.15) is 0 Å². The molecule has 0 aliphatic carbocycles. The number of hydrogen-bond acceptors (Lipinski definition) is 11. The van der Waals surface area contributed by atoms with Crippen molar-refractivity contribution in [2.24, 2.45) is 0 Å². The largest absolute Gasteiger partial charge is 0.573 e. The summed E-state index contributed by atoms with van der Waals surface area (Å²) in [6.07, 6.45) is -9.79. The fourth-order valence-corrected chi connectivity index (χ4v) is 4.48. The summed E-state index contributed by atoms with van der Waals surface area (Å²) >= 11 is 1.82. The van der Waals surface area contributed by atoms with Crippen molar-refractivity contribution in [1.82, 2.24) is 9.97 Å². The lowest BCUT2D eigenvalue weighted by Crippen LogP contribution is -2.22. The Morgan fingerprint density at radius 2 is 1.12 bits per heavy atom. The number of amides is 4. The average molecular weight is 723 g/mol. The van der Waals surface area contributed by atoms with Gasteiger partial charge in [0.2, 0.25) is 0 Å². The number of carboxylic acids is 1. The van der Waals surface area contributed by atoms with Crippen LogP contribution in [-0.2, 0) is 4.74 Å². The van der Waals surface area contributed by atoms with Crippen LogP contribution in [0.4, 0.5) is 57.6 Å². The number of ether oxygens (including phenoxy) is 3. The second-order valence-corrected chi connectivity index (χ2v) is 10.1. The van der Waals surface area contributed by atoms with Gasteiger partial charge in [0.15, 0.2) is 33.1 Å². The molecule has 14 nitrogen and oxygen atoms in total. The third-order valence-corrected chi connectivity index (χ3v) is 6.39. The third-order valence-electron chi connectivity index (χ3n) is 4.87. The summed E-state index contributed by atoms with van der Waals surface area (Å²) in [7, 11) is 0. The highest BCUT2D eigenvalue weighted by Crippen LogP contribution is 2.31. The fraction of sp³-hybridized carbons (Fsp3) is 0.154. The second kappa shape index (κ2) is 16.3. The summed E-state index contributed by atoms with van der Waals surface area (Å²) in [4.78, 5) is 53.2. The molecule has 2 heterocycles. The van der Waals surface area contributed by atoms with Gasteiger partial charge in [-0.3, -0.25) is 10.6 Å². The maximum atomic E-state index is 12.3. The van der Waals surface area contributed by atoms with Gasteiger partial charge >= 0.3 is 36.7 Å². The van der Waals surface area contributed by atoms with Gasteiger partial charge < -0.3 is 30.0 Å². The molecule has 0 saturated heterocycles. The first-order valence-electron chi connectivity index (χ1n) is 12.7. The number of aromatic nitrogens is 2. The van der Waals surface area contributed by atoms with Crippen LogP contribution < -0.4 is 30.7 Å². The SMILES string of the molecule is CCOC(=O)c1csc(NC(=O)Nc2ccccc2OC(F)(F)F)n1.O=C(Nc1nc(C(=O)O)cs1)Nc1ccccc1OC(F)(F)F. The minimum atomic E-state index is -4.90. The Morgan fingerprint density at radius 1 is 0.708 bits per heavy atom. The first kappa shape index (κ1) is 36.8. The zero-order valence-electron chi connectivity index (χ0n) is 23.8. The number of urea groups is 2. The predicted octanol–water partition coefficient (Wildman–Crippen LogP) is 7.25. The van der Waals surface area contributed by atoms with Crippen molar-refractivity contribution in [3.63, 3.8) is 0 Å². The molecule has 0 fully saturated rings. The fourth-order valence-electron chi connectivity index (χ4n) is 3.13. The molecule has 4 amide bonds. The molecule has 0 spiro atoms. The topological polar surface area (TPSA) is 190 Å². The molecule has 0 radical (unpaired) electrons. The maximum Gasteiger partial charge on any atom is 0.573 e. The van der Waals surface area contributed by atoms with E-state index in [2.05, 4.69) is 40.7 Å². The average Bonchev–Trinajstić information content (AvgIpc) is 3.64. The molecule has 4 rings (SSSR count). The molecule has 0 atom stereocenters. The number of hydrogen-bond donors (Lipinski definition) is 5. The zero-order chi connectivity index (χ0) is 35.5. The molecule has 0 unspecified atom stereocenters. The van der Waals surface area contributed by atoms with Gasteiger partial charge in [-0.2, -0.15) is 0 Å². The van der Waals surface area contributed by atoms with Crippen molar-refractivity contribution >= 4 is 68.3 Å². The van der Waals surface area contributed by atoms with Gasteiger partial charge in [-0.05, 0) is 31.2 Å². The maximum absolute atomic E-state index is 12.3. The molecule has 0 bridgehead atoms. The van der Waals surface area contributed by atoms with Crippen LogP contribution in [0.2, 0.25) is 0 Å². The Morgan fingerprint density at radius 3 is 1.52 bits per heavy atom. The van der Waals surface area contributed by atoms with E-state index >= 15 is 0 Å². The normalized spacial score (nSPS) is 10.9. The number of esters is 1. The number of alkyl halides is 6. The molecule has 0 aliphatic rings. The molecular formula is C26H20F6N6O8S2. The second-order valence-electron chi connectivity index (χ2n) is 8.35. The molecule has 48 heavy (non-hydrogen) atoms. The Labute approximate surface area is 272 Å². The Kier molecular flexibility index (Phi) is 12.5. The third kappa shape index (κ3) is 12.3. The number of benzene rings is 2. The Hall–Kier alpha value is -5.64. The first-order valence-corrected chi connectivity index (χ1v) is 14.5. The number of carbonyl (C=O) groups excluding carboxylic acids is 3. The summed E-state index contributed by atoms with van der Waals surface area (Å²) in [6.45, 7) is 1.81. The highest BCUT2D eigenvalue weighted by atomic mass is 32.1. The number of para-hydroxylation sites is 4. The predicted molar refractivity (Wildman–Crippen MR) is 159 cm³/mol. The lowest BCUT2D eigenvalue weighted by Gasteiger charge is -2.13. The van der Waals surface area contributed by atoms with Crippen LogP contribution >= 0.6 is 22.7 Å². The van der Waals surface area contributed by atoms with Crippen molar-refractivity contribution in [3.05, 3.63) is 70.7 Å². The van der Waals surface area contributed by atoms with Crippen LogP contribution in [0, 0.1) is 0 Å². The summed E-state index contributed by atoms with van der Waals surface area (Å²) in [5.41, 5.74) is -0.633. The number of nitrogens with zero attached hydrogens (tertiary/aromatic N) is 2. The van der Waals surface area contributed by atoms with Crippen LogP contribution in [0.25, 0.3) is 0 Å². The van der Waals surface area contributed by atoms with E-state index in [0.29, 0.717) is 0 Å². The van der Waals surface area contributed by atoms with Gasteiger partial charge in [-0.25, -0.2) is 29.1 Å². The number of rotatable bonds is 9. The number of nitrogens with one attached hydrogen (secondary N) is 4. The van der Waals surface area contributed by atoms with Gasteiger partial charge in [-0.15, -0.1) is 49.0 Å². The highest BCUT2D eigenvalue weighted by Gasteiger charge is 2.33. The smallest absolute Gasteiger partial charge is 0.476 e. The summed E-state index contributed by atoms with van der Waals surface area (Å²) < 4.78 is 86.2. The Balaban J connectivity index is 0.000000261. The summed E-state index contributed by atoms with van der Waals surface area (Å²) in [5.74, 6) is -3.05. The van der Waals surface area contributed by atoms with E-state index in [-0.39, 0.29) is 39.6 Å². The molecular weight excluding hydrogens is 702 g/mol. The molecule has 2 aromatic carbocycles.